The van der Waals surface area contributed by atoms with Crippen molar-refractivity contribution in [3.05, 3.63) is 88.5 Å². The second-order valence-corrected chi connectivity index (χ2v) is 10.8. The van der Waals surface area contributed by atoms with Crippen molar-refractivity contribution in [2.45, 2.75) is 77.6 Å². The molecule has 0 atom stereocenters. The van der Waals surface area contributed by atoms with E-state index in [-0.39, 0.29) is 22.8 Å². The summed E-state index contributed by atoms with van der Waals surface area (Å²) in [5.41, 5.74) is 2.07. The molecule has 4 rings (SSSR count). The standard InChI is InChI=1S/C34H38F4O/c1-3-4-5-6-7-22-39-30-21-18-27(31(35)34(30)38)17-12-24-10-15-26(16-11-24)29-20-19-28(32(36)33(29)37)25-13-8-23(2)9-14-25/h10-12,15-21,23,25H,3-9,13-14,22H2,1-2H3/b17-12+. The summed E-state index contributed by atoms with van der Waals surface area (Å²) in [7, 11) is 0. The lowest BCUT2D eigenvalue weighted by Gasteiger charge is -2.27. The molecule has 5 heteroatoms. The van der Waals surface area contributed by atoms with Crippen LogP contribution in [0.1, 0.15) is 94.2 Å². The number of hydrogen-bond donors (Lipinski definition) is 0. The highest BCUT2D eigenvalue weighted by molar-refractivity contribution is 5.73. The molecule has 1 aliphatic carbocycles. The van der Waals surface area contributed by atoms with Crippen LogP contribution in [-0.2, 0) is 0 Å². The first-order valence-corrected chi connectivity index (χ1v) is 14.3. The molecule has 0 radical (unpaired) electrons. The first-order valence-electron chi connectivity index (χ1n) is 14.3. The Balaban J connectivity index is 1.40. The molecule has 0 amide bonds. The van der Waals surface area contributed by atoms with E-state index in [0.29, 0.717) is 23.7 Å². The van der Waals surface area contributed by atoms with Gasteiger partial charge in [0.2, 0.25) is 5.82 Å². The van der Waals surface area contributed by atoms with E-state index in [4.69, 9.17) is 4.74 Å². The van der Waals surface area contributed by atoms with Crippen molar-refractivity contribution in [1.29, 1.82) is 0 Å². The average Bonchev–Trinajstić information content (AvgIpc) is 2.95. The fourth-order valence-electron chi connectivity index (χ4n) is 5.31. The molecule has 208 valence electrons. The van der Waals surface area contributed by atoms with Crippen LogP contribution in [0.15, 0.2) is 48.5 Å². The first kappa shape index (κ1) is 28.9. The Bertz CT molecular complexity index is 1260. The van der Waals surface area contributed by atoms with Crippen molar-refractivity contribution in [3.63, 3.8) is 0 Å². The zero-order valence-electron chi connectivity index (χ0n) is 22.9. The van der Waals surface area contributed by atoms with Crippen molar-refractivity contribution in [3.8, 4) is 16.9 Å². The average molecular weight is 539 g/mol. The highest BCUT2D eigenvalue weighted by Crippen LogP contribution is 2.38. The molecular weight excluding hydrogens is 500 g/mol. The van der Waals surface area contributed by atoms with Gasteiger partial charge in [0.25, 0.3) is 0 Å². The molecule has 0 bridgehead atoms. The van der Waals surface area contributed by atoms with E-state index in [1.54, 1.807) is 42.5 Å². The highest BCUT2D eigenvalue weighted by Gasteiger charge is 2.25. The maximum atomic E-state index is 15.0. The van der Waals surface area contributed by atoms with Gasteiger partial charge in [-0.3, -0.25) is 0 Å². The third-order valence-electron chi connectivity index (χ3n) is 7.83. The van der Waals surface area contributed by atoms with Crippen LogP contribution in [-0.4, -0.2) is 6.61 Å². The lowest BCUT2D eigenvalue weighted by molar-refractivity contribution is 0.285. The normalized spacial score (nSPS) is 17.6. The van der Waals surface area contributed by atoms with Crippen LogP contribution in [0.3, 0.4) is 0 Å². The SMILES string of the molecule is CCCCCCCOc1ccc(/C=C/c2ccc(-c3ccc(C4CCC(C)CC4)c(F)c3F)cc2)c(F)c1F. The zero-order valence-corrected chi connectivity index (χ0v) is 22.9. The Morgan fingerprint density at radius 3 is 2.15 bits per heavy atom. The van der Waals surface area contributed by atoms with Crippen LogP contribution in [0.2, 0.25) is 0 Å². The molecule has 0 heterocycles. The van der Waals surface area contributed by atoms with E-state index in [1.807, 2.05) is 0 Å². The van der Waals surface area contributed by atoms with E-state index in [9.17, 15) is 13.2 Å². The minimum absolute atomic E-state index is 0.0682. The number of hydrogen-bond acceptors (Lipinski definition) is 1. The first-order chi connectivity index (χ1) is 18.9. The van der Waals surface area contributed by atoms with Crippen LogP contribution >= 0.6 is 0 Å². The van der Waals surface area contributed by atoms with Crippen LogP contribution in [0.4, 0.5) is 17.6 Å². The second kappa shape index (κ2) is 13.8. The van der Waals surface area contributed by atoms with E-state index < -0.39 is 23.3 Å². The second-order valence-electron chi connectivity index (χ2n) is 10.8. The summed E-state index contributed by atoms with van der Waals surface area (Å²) in [6, 6.07) is 13.2. The largest absolute Gasteiger partial charge is 0.490 e. The molecule has 3 aromatic carbocycles. The van der Waals surface area contributed by atoms with Gasteiger partial charge >= 0.3 is 0 Å². The molecule has 1 nitrogen and oxygen atoms in total. The maximum Gasteiger partial charge on any atom is 0.201 e. The van der Waals surface area contributed by atoms with Gasteiger partial charge in [-0.25, -0.2) is 13.2 Å². The molecule has 1 aliphatic rings. The molecule has 0 unspecified atom stereocenters. The smallest absolute Gasteiger partial charge is 0.201 e. The van der Waals surface area contributed by atoms with Gasteiger partial charge in [0, 0.05) is 11.1 Å². The van der Waals surface area contributed by atoms with Gasteiger partial charge < -0.3 is 4.74 Å². The number of unbranched alkanes of at least 4 members (excludes halogenated alkanes) is 4. The summed E-state index contributed by atoms with van der Waals surface area (Å²) in [6.45, 7) is 4.70. The molecule has 0 spiro atoms. The van der Waals surface area contributed by atoms with Gasteiger partial charge in [0.15, 0.2) is 23.2 Å². The Kier molecular flexibility index (Phi) is 10.2. The van der Waals surface area contributed by atoms with Crippen LogP contribution in [0.25, 0.3) is 23.3 Å². The van der Waals surface area contributed by atoms with Crippen molar-refractivity contribution < 1.29 is 22.3 Å². The number of halogens is 4. The van der Waals surface area contributed by atoms with Crippen LogP contribution in [0.5, 0.6) is 5.75 Å². The van der Waals surface area contributed by atoms with Gasteiger partial charge in [0.05, 0.1) is 6.61 Å². The van der Waals surface area contributed by atoms with Crippen LogP contribution in [0, 0.1) is 29.2 Å². The van der Waals surface area contributed by atoms with E-state index in [1.165, 1.54) is 18.2 Å². The number of benzene rings is 3. The summed E-state index contributed by atoms with van der Waals surface area (Å²) in [4.78, 5) is 0. The Morgan fingerprint density at radius 2 is 1.44 bits per heavy atom. The summed E-state index contributed by atoms with van der Waals surface area (Å²) >= 11 is 0. The zero-order chi connectivity index (χ0) is 27.8. The Morgan fingerprint density at radius 1 is 0.718 bits per heavy atom. The van der Waals surface area contributed by atoms with Crippen molar-refractivity contribution in [2.75, 3.05) is 6.61 Å². The lowest BCUT2D eigenvalue weighted by atomic mass is 9.79. The molecule has 0 N–H and O–H groups in total. The molecule has 0 saturated heterocycles. The number of rotatable bonds is 11. The van der Waals surface area contributed by atoms with Gasteiger partial charge in [-0.2, -0.15) is 4.39 Å². The molecule has 39 heavy (non-hydrogen) atoms. The quantitative estimate of drug-likeness (QED) is 0.134. The molecule has 3 aromatic rings. The number of ether oxygens (including phenoxy) is 1. The molecule has 0 aromatic heterocycles. The van der Waals surface area contributed by atoms with Crippen molar-refractivity contribution in [1.82, 2.24) is 0 Å². The third-order valence-corrected chi connectivity index (χ3v) is 7.83. The summed E-state index contributed by atoms with van der Waals surface area (Å²) in [5.74, 6) is -2.91. The fourth-order valence-corrected chi connectivity index (χ4v) is 5.31. The fraction of sp³-hybridized carbons (Fsp3) is 0.412. The highest BCUT2D eigenvalue weighted by atomic mass is 19.2. The molecular formula is C34H38F4O. The molecule has 1 saturated carbocycles. The summed E-state index contributed by atoms with van der Waals surface area (Å²) in [6.07, 6.45) is 12.2. The van der Waals surface area contributed by atoms with Gasteiger partial charge in [0.1, 0.15) is 0 Å². The molecule has 0 aliphatic heterocycles. The van der Waals surface area contributed by atoms with Crippen LogP contribution < -0.4 is 4.74 Å². The topological polar surface area (TPSA) is 9.23 Å². The van der Waals surface area contributed by atoms with Crippen molar-refractivity contribution >= 4 is 12.2 Å². The van der Waals surface area contributed by atoms with Gasteiger partial charge in [-0.05, 0) is 59.9 Å². The monoisotopic (exact) mass is 538 g/mol. The van der Waals surface area contributed by atoms with E-state index in [2.05, 4.69) is 13.8 Å². The van der Waals surface area contributed by atoms with Gasteiger partial charge in [-0.15, -0.1) is 0 Å². The molecule has 1 fully saturated rings. The summed E-state index contributed by atoms with van der Waals surface area (Å²) in [5, 5.41) is 0. The maximum absolute atomic E-state index is 15.0. The lowest BCUT2D eigenvalue weighted by Crippen LogP contribution is -2.13. The van der Waals surface area contributed by atoms with Gasteiger partial charge in [-0.1, -0.05) is 101 Å². The minimum atomic E-state index is -0.996. The third kappa shape index (κ3) is 7.32. The Labute approximate surface area is 229 Å². The predicted octanol–water partition coefficient (Wildman–Crippen LogP) is 10.7. The minimum Gasteiger partial charge on any atom is -0.490 e. The van der Waals surface area contributed by atoms with Crippen molar-refractivity contribution in [2.24, 2.45) is 5.92 Å². The Hall–Kier alpha value is -3.08. The summed E-state index contributed by atoms with van der Waals surface area (Å²) < 4.78 is 64.6. The van der Waals surface area contributed by atoms with E-state index >= 15 is 4.39 Å². The predicted molar refractivity (Wildman–Crippen MR) is 152 cm³/mol. The van der Waals surface area contributed by atoms with E-state index in [0.717, 1.165) is 63.4 Å².